The number of carbonyl (C=O) groups is 2. The first-order valence-electron chi connectivity index (χ1n) is 4.34. The predicted molar refractivity (Wildman–Crippen MR) is 50.3 cm³/mol. The van der Waals surface area contributed by atoms with Crippen LogP contribution in [0.15, 0.2) is 0 Å². The lowest BCUT2D eigenvalue weighted by Gasteiger charge is -2.30. The van der Waals surface area contributed by atoms with Gasteiger partial charge in [-0.05, 0) is 18.8 Å². The van der Waals surface area contributed by atoms with E-state index in [1.54, 1.807) is 6.92 Å². The summed E-state index contributed by atoms with van der Waals surface area (Å²) in [6.45, 7) is 8.94. The molecule has 0 heterocycles. The summed E-state index contributed by atoms with van der Waals surface area (Å²) >= 11 is 0. The van der Waals surface area contributed by atoms with Gasteiger partial charge in [0, 0.05) is 6.92 Å². The summed E-state index contributed by atoms with van der Waals surface area (Å²) in [6, 6.07) is 0. The van der Waals surface area contributed by atoms with Crippen molar-refractivity contribution in [3.63, 3.8) is 0 Å². The summed E-state index contributed by atoms with van der Waals surface area (Å²) in [5, 5.41) is 0. The lowest BCUT2D eigenvalue weighted by molar-refractivity contribution is -0.161. The van der Waals surface area contributed by atoms with E-state index in [0.717, 1.165) is 0 Å². The van der Waals surface area contributed by atoms with Crippen molar-refractivity contribution in [2.75, 3.05) is 0 Å². The fourth-order valence-corrected chi connectivity index (χ4v) is 1.48. The van der Waals surface area contributed by atoms with Crippen LogP contribution in [0.2, 0.25) is 0 Å². The van der Waals surface area contributed by atoms with Gasteiger partial charge < -0.3 is 4.74 Å². The molecule has 1 atom stereocenters. The first-order valence-corrected chi connectivity index (χ1v) is 4.34. The van der Waals surface area contributed by atoms with Crippen molar-refractivity contribution in [1.29, 1.82) is 0 Å². The van der Waals surface area contributed by atoms with E-state index in [2.05, 4.69) is 0 Å². The van der Waals surface area contributed by atoms with E-state index in [0.29, 0.717) is 12.7 Å². The van der Waals surface area contributed by atoms with Crippen molar-refractivity contribution in [1.82, 2.24) is 0 Å². The quantitative estimate of drug-likeness (QED) is 0.499. The number of rotatable bonds is 3. The Hall–Kier alpha value is -0.860. The summed E-state index contributed by atoms with van der Waals surface area (Å²) in [4.78, 5) is 21.5. The standard InChI is InChI=1S/C10H18O3/c1-8(12)13-10(5,7-11)6-9(2,3)4/h7H,6H2,1-5H3. The number of ether oxygens (including phenoxy) is 1. The average molecular weight is 186 g/mol. The molecule has 3 heteroatoms. The molecule has 0 aliphatic rings. The molecule has 76 valence electrons. The molecule has 1 unspecified atom stereocenters. The van der Waals surface area contributed by atoms with Gasteiger partial charge in [0.1, 0.15) is 0 Å². The van der Waals surface area contributed by atoms with E-state index in [-0.39, 0.29) is 5.41 Å². The molecule has 0 aliphatic heterocycles. The zero-order valence-corrected chi connectivity index (χ0v) is 9.01. The van der Waals surface area contributed by atoms with Crippen LogP contribution < -0.4 is 0 Å². The summed E-state index contributed by atoms with van der Waals surface area (Å²) < 4.78 is 4.96. The van der Waals surface area contributed by atoms with Gasteiger partial charge >= 0.3 is 5.97 Å². The summed E-state index contributed by atoms with van der Waals surface area (Å²) in [7, 11) is 0. The minimum absolute atomic E-state index is 0.0366. The summed E-state index contributed by atoms with van der Waals surface area (Å²) in [5.41, 5.74) is -1.02. The Bertz CT molecular complexity index is 203. The van der Waals surface area contributed by atoms with Crippen LogP contribution in [0, 0.1) is 5.41 Å². The predicted octanol–water partition coefficient (Wildman–Crippen LogP) is 1.94. The van der Waals surface area contributed by atoms with E-state index in [4.69, 9.17) is 4.74 Å². The van der Waals surface area contributed by atoms with E-state index in [1.807, 2.05) is 20.8 Å². The Balaban J connectivity index is 4.46. The van der Waals surface area contributed by atoms with Gasteiger partial charge in [0.05, 0.1) is 0 Å². The zero-order valence-electron chi connectivity index (χ0n) is 9.01. The molecule has 0 amide bonds. The minimum atomic E-state index is -0.982. The molecular formula is C10H18O3. The van der Waals surface area contributed by atoms with E-state index < -0.39 is 11.6 Å². The van der Waals surface area contributed by atoms with Crippen molar-refractivity contribution in [2.45, 2.75) is 46.6 Å². The molecule has 0 aliphatic carbocycles. The maximum absolute atomic E-state index is 10.8. The fourth-order valence-electron chi connectivity index (χ4n) is 1.48. The molecular weight excluding hydrogens is 168 g/mol. The molecule has 13 heavy (non-hydrogen) atoms. The minimum Gasteiger partial charge on any atom is -0.452 e. The van der Waals surface area contributed by atoms with Crippen LogP contribution >= 0.6 is 0 Å². The van der Waals surface area contributed by atoms with Crippen LogP contribution in [0.5, 0.6) is 0 Å². The normalized spacial score (nSPS) is 16.1. The molecule has 0 fully saturated rings. The smallest absolute Gasteiger partial charge is 0.303 e. The molecule has 0 aromatic carbocycles. The second-order valence-corrected chi connectivity index (χ2v) is 4.76. The summed E-state index contributed by atoms with van der Waals surface area (Å²) in [6.07, 6.45) is 1.22. The first-order chi connectivity index (χ1) is 5.68. The van der Waals surface area contributed by atoms with Gasteiger partial charge in [0.25, 0.3) is 0 Å². The molecule has 0 bridgehead atoms. The molecule has 0 radical (unpaired) electrons. The number of esters is 1. The van der Waals surface area contributed by atoms with Gasteiger partial charge in [-0.15, -0.1) is 0 Å². The molecule has 0 rings (SSSR count). The molecule has 0 aromatic rings. The largest absolute Gasteiger partial charge is 0.452 e. The number of hydrogen-bond acceptors (Lipinski definition) is 3. The SMILES string of the molecule is CC(=O)OC(C)(C=O)CC(C)(C)C. The Morgan fingerprint density at radius 2 is 1.77 bits per heavy atom. The van der Waals surface area contributed by atoms with E-state index in [9.17, 15) is 9.59 Å². The molecule has 0 spiro atoms. The van der Waals surface area contributed by atoms with E-state index in [1.165, 1.54) is 6.92 Å². The Morgan fingerprint density at radius 3 is 2.00 bits per heavy atom. The van der Waals surface area contributed by atoms with Crippen molar-refractivity contribution in [3.8, 4) is 0 Å². The average Bonchev–Trinajstić information content (AvgIpc) is 1.81. The molecule has 3 nitrogen and oxygen atoms in total. The molecule has 0 saturated heterocycles. The highest BCUT2D eigenvalue weighted by molar-refractivity contribution is 5.72. The highest BCUT2D eigenvalue weighted by Crippen LogP contribution is 2.28. The number of aldehydes is 1. The van der Waals surface area contributed by atoms with Gasteiger partial charge in [-0.1, -0.05) is 20.8 Å². The third-order valence-electron chi connectivity index (χ3n) is 1.51. The maximum atomic E-state index is 10.8. The fraction of sp³-hybridized carbons (Fsp3) is 0.800. The highest BCUT2D eigenvalue weighted by atomic mass is 16.6. The van der Waals surface area contributed by atoms with Crippen LogP contribution in [0.3, 0.4) is 0 Å². The van der Waals surface area contributed by atoms with Crippen LogP contribution in [0.4, 0.5) is 0 Å². The third kappa shape index (κ3) is 5.39. The van der Waals surface area contributed by atoms with Crippen molar-refractivity contribution < 1.29 is 14.3 Å². The molecule has 0 aromatic heterocycles. The van der Waals surface area contributed by atoms with Gasteiger partial charge in [0.15, 0.2) is 11.9 Å². The monoisotopic (exact) mass is 186 g/mol. The van der Waals surface area contributed by atoms with E-state index >= 15 is 0 Å². The highest BCUT2D eigenvalue weighted by Gasteiger charge is 2.32. The summed E-state index contributed by atoms with van der Waals surface area (Å²) in [5.74, 6) is -0.418. The second kappa shape index (κ2) is 3.90. The van der Waals surface area contributed by atoms with Crippen LogP contribution in [0.1, 0.15) is 41.0 Å². The van der Waals surface area contributed by atoms with Crippen molar-refractivity contribution in [3.05, 3.63) is 0 Å². The molecule has 0 saturated carbocycles. The van der Waals surface area contributed by atoms with Crippen LogP contribution in [-0.2, 0) is 14.3 Å². The third-order valence-corrected chi connectivity index (χ3v) is 1.51. The van der Waals surface area contributed by atoms with Gasteiger partial charge in [-0.3, -0.25) is 9.59 Å². The number of hydrogen-bond donors (Lipinski definition) is 0. The molecule has 0 N–H and O–H groups in total. The maximum Gasteiger partial charge on any atom is 0.303 e. The second-order valence-electron chi connectivity index (χ2n) is 4.76. The van der Waals surface area contributed by atoms with Crippen molar-refractivity contribution >= 4 is 12.3 Å². The van der Waals surface area contributed by atoms with Crippen LogP contribution in [0.25, 0.3) is 0 Å². The topological polar surface area (TPSA) is 43.4 Å². The Kier molecular flexibility index (Phi) is 3.64. The van der Waals surface area contributed by atoms with Gasteiger partial charge in [-0.2, -0.15) is 0 Å². The van der Waals surface area contributed by atoms with Crippen LogP contribution in [-0.4, -0.2) is 17.9 Å². The Morgan fingerprint density at radius 1 is 1.31 bits per heavy atom. The first kappa shape index (κ1) is 12.1. The van der Waals surface area contributed by atoms with Gasteiger partial charge in [0.2, 0.25) is 0 Å². The zero-order chi connectivity index (χ0) is 10.7. The number of carbonyl (C=O) groups excluding carboxylic acids is 2. The van der Waals surface area contributed by atoms with Gasteiger partial charge in [-0.25, -0.2) is 0 Å². The van der Waals surface area contributed by atoms with Crippen molar-refractivity contribution in [2.24, 2.45) is 5.41 Å². The lowest BCUT2D eigenvalue weighted by Crippen LogP contribution is -2.36. The lowest BCUT2D eigenvalue weighted by atomic mass is 9.83. The Labute approximate surface area is 79.5 Å².